The van der Waals surface area contributed by atoms with Crippen LogP contribution in [0.1, 0.15) is 34.8 Å². The smallest absolute Gasteiger partial charge is 0.266 e. The summed E-state index contributed by atoms with van der Waals surface area (Å²) in [6, 6.07) is 22.9. The van der Waals surface area contributed by atoms with Crippen LogP contribution >= 0.6 is 39.1 Å². The van der Waals surface area contributed by atoms with E-state index in [1.807, 2.05) is 24.3 Å². The molecular weight excluding hydrogens is 691 g/mol. The summed E-state index contributed by atoms with van der Waals surface area (Å²) in [6.07, 6.45) is -0.393. The van der Waals surface area contributed by atoms with Crippen molar-refractivity contribution in [3.8, 4) is 5.75 Å². The first-order valence-corrected chi connectivity index (χ1v) is 15.5. The van der Waals surface area contributed by atoms with Gasteiger partial charge in [0, 0.05) is 51.6 Å². The highest BCUT2D eigenvalue weighted by molar-refractivity contribution is 9.10. The number of rotatable bonds is 12. The van der Waals surface area contributed by atoms with E-state index in [0.29, 0.717) is 40.5 Å². The van der Waals surface area contributed by atoms with Crippen molar-refractivity contribution in [2.75, 3.05) is 13.2 Å². The van der Waals surface area contributed by atoms with Gasteiger partial charge < -0.3 is 14.6 Å². The van der Waals surface area contributed by atoms with Crippen molar-refractivity contribution >= 4 is 50.9 Å². The largest absolute Gasteiger partial charge is 0.494 e. The molecule has 4 aromatic carbocycles. The summed E-state index contributed by atoms with van der Waals surface area (Å²) in [5.74, 6) is -1.70. The first kappa shape index (κ1) is 32.8. The van der Waals surface area contributed by atoms with Crippen LogP contribution in [0, 0.1) is 11.6 Å². The quantitative estimate of drug-likeness (QED) is 0.107. The van der Waals surface area contributed by atoms with E-state index < -0.39 is 29.2 Å². The fourth-order valence-electron chi connectivity index (χ4n) is 4.89. The van der Waals surface area contributed by atoms with E-state index >= 15 is 0 Å². The number of benzene rings is 4. The predicted molar refractivity (Wildman–Crippen MR) is 172 cm³/mol. The van der Waals surface area contributed by atoms with Crippen molar-refractivity contribution < 1.29 is 28.2 Å². The third-order valence-electron chi connectivity index (χ3n) is 7.17. The zero-order valence-corrected chi connectivity index (χ0v) is 26.8. The van der Waals surface area contributed by atoms with Crippen molar-refractivity contribution in [3.05, 3.63) is 133 Å². The lowest BCUT2D eigenvalue weighted by molar-refractivity contribution is -0.130. The SMILES string of the molecule is O=C(NNCc1ccc(F)c(F)c1)[C@@]1(Cc2ccccc2Br)N=C(c2ccc(OCCCO)cc2)O[C@H]1c1ccc(Cl)cc1Cl. The number of carbonyl (C=O) groups is 1. The molecule has 0 bridgehead atoms. The summed E-state index contributed by atoms with van der Waals surface area (Å²) in [7, 11) is 0. The first-order chi connectivity index (χ1) is 21.7. The Bertz CT molecular complexity index is 1710. The Kier molecular flexibility index (Phi) is 10.7. The number of nitrogens with zero attached hydrogens (tertiary/aromatic N) is 1. The molecule has 0 unspecified atom stereocenters. The van der Waals surface area contributed by atoms with Crippen LogP contribution in [-0.2, 0) is 22.5 Å². The monoisotopic (exact) mass is 717 g/mol. The minimum Gasteiger partial charge on any atom is -0.494 e. The van der Waals surface area contributed by atoms with E-state index in [1.54, 1.807) is 42.5 Å². The van der Waals surface area contributed by atoms with E-state index in [4.69, 9.17) is 42.8 Å². The topological polar surface area (TPSA) is 92.2 Å². The fourth-order valence-corrected chi connectivity index (χ4v) is 5.82. The number of amides is 1. The molecule has 2 atom stereocenters. The highest BCUT2D eigenvalue weighted by atomic mass is 79.9. The Labute approximate surface area is 277 Å². The molecule has 0 fully saturated rings. The van der Waals surface area contributed by atoms with Gasteiger partial charge in [0.1, 0.15) is 5.75 Å². The molecule has 0 radical (unpaired) electrons. The number of ether oxygens (including phenoxy) is 2. The van der Waals surface area contributed by atoms with E-state index in [2.05, 4.69) is 26.8 Å². The number of hydrogen-bond acceptors (Lipinski definition) is 6. The highest BCUT2D eigenvalue weighted by Crippen LogP contribution is 2.45. The van der Waals surface area contributed by atoms with E-state index in [9.17, 15) is 13.6 Å². The third kappa shape index (κ3) is 7.65. The molecule has 5 rings (SSSR count). The highest BCUT2D eigenvalue weighted by Gasteiger charge is 2.54. The van der Waals surface area contributed by atoms with Gasteiger partial charge in [-0.1, -0.05) is 69.5 Å². The standard InChI is InChI=1S/C33H28BrCl2F2N3O4/c34-26-5-2-1-4-22(26)18-33(32(43)41-39-19-20-6-13-28(37)29(38)16-20)30(25-12-9-23(35)17-27(25)36)45-31(40-33)21-7-10-24(11-8-21)44-15-3-14-42/h1-2,4-13,16-17,30,39,42H,3,14-15,18-19H2,(H,41,43)/t30-,33-/m0/s1. The average Bonchev–Trinajstić information content (AvgIpc) is 3.40. The molecule has 12 heteroatoms. The molecule has 1 aliphatic heterocycles. The van der Waals surface area contributed by atoms with Crippen LogP contribution in [0.3, 0.4) is 0 Å². The Balaban J connectivity index is 1.54. The van der Waals surface area contributed by atoms with Crippen LogP contribution in [-0.4, -0.2) is 35.7 Å². The number of hydrazine groups is 1. The third-order valence-corrected chi connectivity index (χ3v) is 8.51. The minimum atomic E-state index is -1.59. The molecule has 3 N–H and O–H groups in total. The number of aliphatic imine (C=N–C) groups is 1. The summed E-state index contributed by atoms with van der Waals surface area (Å²) in [6.45, 7) is 0.390. The maximum atomic E-state index is 14.3. The minimum absolute atomic E-state index is 0.00952. The molecule has 0 spiro atoms. The van der Waals surface area contributed by atoms with Crippen molar-refractivity contribution in [3.63, 3.8) is 0 Å². The molecule has 0 saturated carbocycles. The normalized spacial score (nSPS) is 17.5. The van der Waals surface area contributed by atoms with Crippen LogP contribution in [0.2, 0.25) is 10.0 Å². The average molecular weight is 719 g/mol. The molecule has 1 amide bonds. The second-order valence-electron chi connectivity index (χ2n) is 10.3. The van der Waals surface area contributed by atoms with Crippen LogP contribution in [0.15, 0.2) is 94.4 Å². The Morgan fingerprint density at radius 3 is 2.51 bits per heavy atom. The molecule has 0 aliphatic carbocycles. The number of nitrogens with one attached hydrogen (secondary N) is 2. The van der Waals surface area contributed by atoms with E-state index in [-0.39, 0.29) is 30.5 Å². The number of halogens is 5. The molecule has 1 heterocycles. The molecule has 0 aromatic heterocycles. The van der Waals surface area contributed by atoms with Crippen molar-refractivity contribution in [1.29, 1.82) is 0 Å². The van der Waals surface area contributed by atoms with Crippen LogP contribution in [0.25, 0.3) is 0 Å². The summed E-state index contributed by atoms with van der Waals surface area (Å²) in [5, 5.41) is 9.74. The first-order valence-electron chi connectivity index (χ1n) is 14.0. The lowest BCUT2D eigenvalue weighted by Crippen LogP contribution is -2.53. The van der Waals surface area contributed by atoms with E-state index in [0.717, 1.165) is 22.2 Å². The summed E-state index contributed by atoms with van der Waals surface area (Å²) >= 11 is 16.5. The van der Waals surface area contributed by atoms with Gasteiger partial charge in [-0.15, -0.1) is 0 Å². The predicted octanol–water partition coefficient (Wildman–Crippen LogP) is 7.12. The molecular formula is C33H28BrCl2F2N3O4. The molecule has 234 valence electrons. The maximum Gasteiger partial charge on any atom is 0.266 e. The van der Waals surface area contributed by atoms with Gasteiger partial charge in [0.2, 0.25) is 5.90 Å². The van der Waals surface area contributed by atoms with Gasteiger partial charge in [0.25, 0.3) is 5.91 Å². The van der Waals surface area contributed by atoms with Gasteiger partial charge in [0.15, 0.2) is 23.3 Å². The molecule has 1 aliphatic rings. The van der Waals surface area contributed by atoms with Gasteiger partial charge in [-0.2, -0.15) is 0 Å². The summed E-state index contributed by atoms with van der Waals surface area (Å²) in [5.41, 5.74) is 6.22. The van der Waals surface area contributed by atoms with Gasteiger partial charge in [-0.05, 0) is 65.7 Å². The summed E-state index contributed by atoms with van der Waals surface area (Å²) < 4.78 is 40.1. The van der Waals surface area contributed by atoms with Crippen LogP contribution in [0.4, 0.5) is 8.78 Å². The van der Waals surface area contributed by atoms with Gasteiger partial charge >= 0.3 is 0 Å². The number of aliphatic hydroxyl groups excluding tert-OH is 1. The van der Waals surface area contributed by atoms with Crippen molar-refractivity contribution in [2.24, 2.45) is 4.99 Å². The van der Waals surface area contributed by atoms with Gasteiger partial charge in [0.05, 0.1) is 6.61 Å². The Morgan fingerprint density at radius 2 is 1.80 bits per heavy atom. The lowest BCUT2D eigenvalue weighted by Gasteiger charge is -2.31. The number of hydrogen-bond donors (Lipinski definition) is 3. The number of aliphatic hydroxyl groups is 1. The molecule has 45 heavy (non-hydrogen) atoms. The van der Waals surface area contributed by atoms with Crippen LogP contribution in [0.5, 0.6) is 5.75 Å². The van der Waals surface area contributed by atoms with Gasteiger partial charge in [-0.3, -0.25) is 10.2 Å². The number of carbonyl (C=O) groups excluding carboxylic acids is 1. The fraction of sp³-hybridized carbons (Fsp3) is 0.212. The van der Waals surface area contributed by atoms with Gasteiger partial charge in [-0.25, -0.2) is 19.2 Å². The summed E-state index contributed by atoms with van der Waals surface area (Å²) in [4.78, 5) is 19.3. The molecule has 0 saturated heterocycles. The van der Waals surface area contributed by atoms with Crippen molar-refractivity contribution in [2.45, 2.75) is 31.0 Å². The second kappa shape index (κ2) is 14.7. The Hall–Kier alpha value is -3.54. The van der Waals surface area contributed by atoms with E-state index in [1.165, 1.54) is 6.07 Å². The van der Waals surface area contributed by atoms with Crippen molar-refractivity contribution in [1.82, 2.24) is 10.9 Å². The molecule has 4 aromatic rings. The second-order valence-corrected chi connectivity index (χ2v) is 12.0. The van der Waals surface area contributed by atoms with Crippen LogP contribution < -0.4 is 15.6 Å². The Morgan fingerprint density at radius 1 is 1.02 bits per heavy atom. The zero-order chi connectivity index (χ0) is 32.0. The maximum absolute atomic E-state index is 14.3. The molecule has 7 nitrogen and oxygen atoms in total. The lowest BCUT2D eigenvalue weighted by atomic mass is 9.82. The zero-order valence-electron chi connectivity index (χ0n) is 23.7.